The van der Waals surface area contributed by atoms with Gasteiger partial charge in [-0.2, -0.15) is 0 Å². The van der Waals surface area contributed by atoms with E-state index < -0.39 is 6.10 Å². The summed E-state index contributed by atoms with van der Waals surface area (Å²) in [5.74, 6) is 0. The van der Waals surface area contributed by atoms with Gasteiger partial charge in [-0.25, -0.2) is 0 Å². The van der Waals surface area contributed by atoms with Crippen LogP contribution in [0.1, 0.15) is 38.5 Å². The number of hydrogen-bond donors (Lipinski definition) is 1. The Labute approximate surface area is 96.3 Å². The van der Waals surface area contributed by atoms with E-state index in [0.717, 1.165) is 13.1 Å². The fourth-order valence-electron chi connectivity index (χ4n) is 2.28. The molecule has 1 saturated heterocycles. The van der Waals surface area contributed by atoms with E-state index in [1.807, 2.05) is 0 Å². The molecule has 2 heterocycles. The molecule has 0 radical (unpaired) electrons. The quantitative estimate of drug-likeness (QED) is 0.838. The van der Waals surface area contributed by atoms with E-state index in [9.17, 15) is 5.11 Å². The monoisotopic (exact) mass is 221 g/mol. The average Bonchev–Trinajstić information content (AvgIpc) is 2.83. The smallest absolute Gasteiger partial charge is 0.115 e. The minimum atomic E-state index is -0.584. The summed E-state index contributed by atoms with van der Waals surface area (Å²) in [6.07, 6.45) is 6.74. The molecule has 2 rings (SSSR count). The highest BCUT2D eigenvalue weighted by Gasteiger charge is 2.37. The van der Waals surface area contributed by atoms with Crippen LogP contribution in [0.2, 0.25) is 0 Å². The molecule has 1 aliphatic rings. The van der Waals surface area contributed by atoms with Crippen LogP contribution in [-0.2, 0) is 0 Å². The van der Waals surface area contributed by atoms with E-state index in [2.05, 4.69) is 28.7 Å². The molecule has 4 heteroatoms. The number of aliphatic hydroxyl groups is 1. The first kappa shape index (κ1) is 11.5. The molecule has 0 saturated carbocycles. The normalized spacial score (nSPS) is 19.9. The van der Waals surface area contributed by atoms with Crippen LogP contribution in [0.4, 0.5) is 0 Å². The first-order valence-electron chi connectivity index (χ1n) is 5.81. The van der Waals surface area contributed by atoms with Gasteiger partial charge in [0, 0.05) is 17.9 Å². The van der Waals surface area contributed by atoms with Crippen molar-refractivity contribution >= 4 is 0 Å². The SMILES string of the molecule is CC(C)(C(O)c1cnccn1)N1CCCC1. The Morgan fingerprint density at radius 2 is 2.00 bits per heavy atom. The standard InChI is InChI=1S/C12H19N3O/c1-12(2,15-7-3-4-8-15)11(16)10-9-13-5-6-14-10/h5-6,9,11,16H,3-4,7-8H2,1-2H3. The van der Waals surface area contributed by atoms with Gasteiger partial charge < -0.3 is 5.11 Å². The summed E-state index contributed by atoms with van der Waals surface area (Å²) in [5, 5.41) is 10.4. The van der Waals surface area contributed by atoms with Crippen molar-refractivity contribution in [3.05, 3.63) is 24.3 Å². The van der Waals surface area contributed by atoms with Crippen molar-refractivity contribution in [2.45, 2.75) is 38.3 Å². The number of likely N-dealkylation sites (tertiary alicyclic amines) is 1. The van der Waals surface area contributed by atoms with E-state index in [1.165, 1.54) is 12.8 Å². The lowest BCUT2D eigenvalue weighted by Gasteiger charge is -2.38. The zero-order chi connectivity index (χ0) is 11.6. The molecule has 1 N–H and O–H groups in total. The minimum Gasteiger partial charge on any atom is -0.385 e. The van der Waals surface area contributed by atoms with Crippen molar-refractivity contribution in [1.82, 2.24) is 14.9 Å². The van der Waals surface area contributed by atoms with Crippen molar-refractivity contribution in [2.75, 3.05) is 13.1 Å². The highest BCUT2D eigenvalue weighted by molar-refractivity contribution is 5.07. The number of aromatic nitrogens is 2. The second-order valence-electron chi connectivity index (χ2n) is 4.88. The van der Waals surface area contributed by atoms with Gasteiger partial charge in [0.25, 0.3) is 0 Å². The lowest BCUT2D eigenvalue weighted by molar-refractivity contribution is -0.00140. The van der Waals surface area contributed by atoms with Crippen molar-refractivity contribution in [3.8, 4) is 0 Å². The van der Waals surface area contributed by atoms with Gasteiger partial charge in [0.05, 0.1) is 11.9 Å². The summed E-state index contributed by atoms with van der Waals surface area (Å²) >= 11 is 0. The molecule has 0 amide bonds. The van der Waals surface area contributed by atoms with Crippen LogP contribution in [0.3, 0.4) is 0 Å². The first-order valence-corrected chi connectivity index (χ1v) is 5.81. The fraction of sp³-hybridized carbons (Fsp3) is 0.667. The van der Waals surface area contributed by atoms with Gasteiger partial charge in [0.2, 0.25) is 0 Å². The predicted octanol–water partition coefficient (Wildman–Crippen LogP) is 1.38. The van der Waals surface area contributed by atoms with Crippen LogP contribution < -0.4 is 0 Å². The molecule has 4 nitrogen and oxygen atoms in total. The predicted molar refractivity (Wildman–Crippen MR) is 61.9 cm³/mol. The summed E-state index contributed by atoms with van der Waals surface area (Å²) in [7, 11) is 0. The highest BCUT2D eigenvalue weighted by atomic mass is 16.3. The van der Waals surface area contributed by atoms with E-state index in [1.54, 1.807) is 18.6 Å². The van der Waals surface area contributed by atoms with E-state index in [4.69, 9.17) is 0 Å². The van der Waals surface area contributed by atoms with Gasteiger partial charge in [-0.05, 0) is 39.8 Å². The number of aliphatic hydroxyl groups excluding tert-OH is 1. The molecular weight excluding hydrogens is 202 g/mol. The molecule has 1 atom stereocenters. The van der Waals surface area contributed by atoms with Crippen molar-refractivity contribution < 1.29 is 5.11 Å². The van der Waals surface area contributed by atoms with E-state index in [0.29, 0.717) is 5.69 Å². The summed E-state index contributed by atoms with van der Waals surface area (Å²) in [6.45, 7) is 6.25. The maximum atomic E-state index is 10.4. The van der Waals surface area contributed by atoms with Gasteiger partial charge in [-0.3, -0.25) is 14.9 Å². The Morgan fingerprint density at radius 3 is 2.56 bits per heavy atom. The Morgan fingerprint density at radius 1 is 1.31 bits per heavy atom. The molecule has 88 valence electrons. The molecule has 1 aliphatic heterocycles. The third-order valence-electron chi connectivity index (χ3n) is 3.45. The lowest BCUT2D eigenvalue weighted by atomic mass is 9.93. The lowest BCUT2D eigenvalue weighted by Crippen LogP contribution is -2.47. The summed E-state index contributed by atoms with van der Waals surface area (Å²) in [4.78, 5) is 10.5. The Hall–Kier alpha value is -1.00. The molecule has 1 unspecified atom stereocenters. The topological polar surface area (TPSA) is 49.3 Å². The second-order valence-corrected chi connectivity index (χ2v) is 4.88. The molecule has 1 aromatic heterocycles. The number of hydrogen-bond acceptors (Lipinski definition) is 4. The Bertz CT molecular complexity index is 333. The van der Waals surface area contributed by atoms with E-state index >= 15 is 0 Å². The molecule has 0 bridgehead atoms. The summed E-state index contributed by atoms with van der Waals surface area (Å²) < 4.78 is 0. The van der Waals surface area contributed by atoms with Crippen molar-refractivity contribution in [1.29, 1.82) is 0 Å². The first-order chi connectivity index (χ1) is 7.62. The van der Waals surface area contributed by atoms with Crippen LogP contribution in [0.15, 0.2) is 18.6 Å². The zero-order valence-electron chi connectivity index (χ0n) is 9.93. The van der Waals surface area contributed by atoms with Gasteiger partial charge in [-0.1, -0.05) is 0 Å². The van der Waals surface area contributed by atoms with Crippen LogP contribution >= 0.6 is 0 Å². The van der Waals surface area contributed by atoms with Gasteiger partial charge >= 0.3 is 0 Å². The van der Waals surface area contributed by atoms with Crippen LogP contribution in [0.5, 0.6) is 0 Å². The van der Waals surface area contributed by atoms with Crippen molar-refractivity contribution in [3.63, 3.8) is 0 Å². The number of nitrogens with zero attached hydrogens (tertiary/aromatic N) is 3. The summed E-state index contributed by atoms with van der Waals surface area (Å²) in [6, 6.07) is 0. The molecule has 1 fully saturated rings. The van der Waals surface area contributed by atoms with E-state index in [-0.39, 0.29) is 5.54 Å². The van der Waals surface area contributed by atoms with Crippen LogP contribution in [0.25, 0.3) is 0 Å². The number of rotatable bonds is 3. The average molecular weight is 221 g/mol. The minimum absolute atomic E-state index is 0.271. The molecule has 0 aromatic carbocycles. The molecule has 1 aromatic rings. The maximum absolute atomic E-state index is 10.4. The molecule has 0 aliphatic carbocycles. The van der Waals surface area contributed by atoms with Crippen molar-refractivity contribution in [2.24, 2.45) is 0 Å². The molecular formula is C12H19N3O. The van der Waals surface area contributed by atoms with Gasteiger partial charge in [0.15, 0.2) is 0 Å². The second kappa shape index (κ2) is 4.47. The van der Waals surface area contributed by atoms with Gasteiger partial charge in [-0.15, -0.1) is 0 Å². The largest absolute Gasteiger partial charge is 0.385 e. The van der Waals surface area contributed by atoms with Crippen LogP contribution in [-0.4, -0.2) is 38.6 Å². The third kappa shape index (κ3) is 2.08. The Kier molecular flexibility index (Phi) is 3.21. The summed E-state index contributed by atoms with van der Waals surface area (Å²) in [5.41, 5.74) is 0.381. The van der Waals surface area contributed by atoms with Gasteiger partial charge in [0.1, 0.15) is 6.10 Å². The Balaban J connectivity index is 2.16. The zero-order valence-corrected chi connectivity index (χ0v) is 9.93. The maximum Gasteiger partial charge on any atom is 0.115 e. The highest BCUT2D eigenvalue weighted by Crippen LogP contribution is 2.32. The van der Waals surface area contributed by atoms with Crippen LogP contribution in [0, 0.1) is 0 Å². The molecule has 16 heavy (non-hydrogen) atoms. The third-order valence-corrected chi connectivity index (χ3v) is 3.45. The fourth-order valence-corrected chi connectivity index (χ4v) is 2.28. The molecule has 0 spiro atoms.